The maximum Gasteiger partial charge on any atom is 0.422 e. The van der Waals surface area contributed by atoms with Gasteiger partial charge in [-0.1, -0.05) is 18.2 Å². The highest BCUT2D eigenvalue weighted by atomic mass is 19.4. The summed E-state index contributed by atoms with van der Waals surface area (Å²) in [6, 6.07) is 11.9. The Morgan fingerprint density at radius 1 is 1.04 bits per heavy atom. The quantitative estimate of drug-likeness (QED) is 0.839. The van der Waals surface area contributed by atoms with Crippen LogP contribution in [0.1, 0.15) is 26.3 Å². The second-order valence-electron chi connectivity index (χ2n) is 5.18. The highest BCUT2D eigenvalue weighted by Gasteiger charge is 2.28. The minimum absolute atomic E-state index is 0.0554. The fourth-order valence-electron chi connectivity index (χ4n) is 2.01. The maximum atomic E-state index is 12.2. The lowest BCUT2D eigenvalue weighted by Gasteiger charge is -2.11. The van der Waals surface area contributed by atoms with Crippen molar-refractivity contribution in [2.45, 2.75) is 12.7 Å². The topological polar surface area (TPSA) is 81.4 Å². The third-order valence-electron chi connectivity index (χ3n) is 3.16. The van der Waals surface area contributed by atoms with Crippen LogP contribution >= 0.6 is 0 Å². The average Bonchev–Trinajstić information content (AvgIpc) is 2.58. The number of amides is 2. The molecule has 0 atom stereocenters. The van der Waals surface area contributed by atoms with Gasteiger partial charge in [0.1, 0.15) is 5.75 Å². The van der Waals surface area contributed by atoms with Crippen LogP contribution in [-0.4, -0.2) is 24.6 Å². The molecule has 2 rings (SSSR count). The Hall–Kier alpha value is -3.03. The molecule has 2 amide bonds. The first-order valence-corrected chi connectivity index (χ1v) is 7.21. The molecular formula is C17H15F3N2O3. The number of ether oxygens (including phenoxy) is 1. The number of carbonyl (C=O) groups is 2. The predicted octanol–water partition coefficient (Wildman–Crippen LogP) is 2.66. The first kappa shape index (κ1) is 18.3. The van der Waals surface area contributed by atoms with Gasteiger partial charge >= 0.3 is 6.18 Å². The molecule has 5 nitrogen and oxygen atoms in total. The molecule has 0 bridgehead atoms. The molecule has 0 aliphatic rings. The van der Waals surface area contributed by atoms with Gasteiger partial charge in [-0.3, -0.25) is 9.59 Å². The molecule has 0 unspecified atom stereocenters. The largest absolute Gasteiger partial charge is 0.484 e. The van der Waals surface area contributed by atoms with E-state index in [4.69, 9.17) is 5.73 Å². The van der Waals surface area contributed by atoms with E-state index in [1.54, 1.807) is 6.07 Å². The molecular weight excluding hydrogens is 337 g/mol. The van der Waals surface area contributed by atoms with Crippen molar-refractivity contribution in [1.29, 1.82) is 0 Å². The highest BCUT2D eigenvalue weighted by molar-refractivity contribution is 5.99. The molecule has 2 aromatic carbocycles. The number of hydrogen-bond acceptors (Lipinski definition) is 3. The third-order valence-corrected chi connectivity index (χ3v) is 3.16. The average molecular weight is 352 g/mol. The van der Waals surface area contributed by atoms with E-state index in [0.717, 1.165) is 0 Å². The second-order valence-corrected chi connectivity index (χ2v) is 5.18. The molecule has 8 heteroatoms. The summed E-state index contributed by atoms with van der Waals surface area (Å²) in [6.45, 7) is -1.30. The van der Waals surface area contributed by atoms with E-state index in [1.165, 1.54) is 42.5 Å². The van der Waals surface area contributed by atoms with E-state index in [2.05, 4.69) is 10.1 Å². The fraction of sp³-hybridized carbons (Fsp3) is 0.176. The molecule has 0 aliphatic heterocycles. The van der Waals surface area contributed by atoms with Gasteiger partial charge in [-0.05, 0) is 35.9 Å². The lowest BCUT2D eigenvalue weighted by molar-refractivity contribution is -0.153. The van der Waals surface area contributed by atoms with Crippen LogP contribution in [0, 0.1) is 0 Å². The van der Waals surface area contributed by atoms with Crippen LogP contribution in [-0.2, 0) is 6.54 Å². The lowest BCUT2D eigenvalue weighted by Crippen LogP contribution is -2.23. The van der Waals surface area contributed by atoms with Gasteiger partial charge in [0, 0.05) is 17.7 Å². The van der Waals surface area contributed by atoms with Crippen molar-refractivity contribution in [2.75, 3.05) is 6.61 Å². The van der Waals surface area contributed by atoms with E-state index in [-0.39, 0.29) is 23.4 Å². The zero-order valence-electron chi connectivity index (χ0n) is 13.0. The maximum absolute atomic E-state index is 12.2. The normalized spacial score (nSPS) is 11.0. The molecule has 0 aliphatic carbocycles. The fourth-order valence-corrected chi connectivity index (χ4v) is 2.01. The van der Waals surface area contributed by atoms with E-state index in [1.807, 2.05) is 0 Å². The van der Waals surface area contributed by atoms with Gasteiger partial charge in [0.05, 0.1) is 0 Å². The molecule has 132 valence electrons. The summed E-state index contributed by atoms with van der Waals surface area (Å²) in [7, 11) is 0. The van der Waals surface area contributed by atoms with Crippen LogP contribution < -0.4 is 15.8 Å². The van der Waals surface area contributed by atoms with Gasteiger partial charge in [0.15, 0.2) is 6.61 Å². The van der Waals surface area contributed by atoms with Crippen molar-refractivity contribution in [2.24, 2.45) is 5.73 Å². The number of carbonyl (C=O) groups excluding carboxylic acids is 2. The van der Waals surface area contributed by atoms with Crippen molar-refractivity contribution in [3.8, 4) is 5.75 Å². The predicted molar refractivity (Wildman–Crippen MR) is 84.1 cm³/mol. The van der Waals surface area contributed by atoms with Crippen LogP contribution in [0.3, 0.4) is 0 Å². The summed E-state index contributed by atoms with van der Waals surface area (Å²) in [6.07, 6.45) is -4.42. The van der Waals surface area contributed by atoms with E-state index >= 15 is 0 Å². The summed E-state index contributed by atoms with van der Waals surface area (Å²) in [4.78, 5) is 23.2. The third kappa shape index (κ3) is 5.83. The van der Waals surface area contributed by atoms with E-state index in [0.29, 0.717) is 5.56 Å². The van der Waals surface area contributed by atoms with E-state index < -0.39 is 24.6 Å². The number of rotatable bonds is 6. The molecule has 0 spiro atoms. The van der Waals surface area contributed by atoms with Crippen LogP contribution in [0.2, 0.25) is 0 Å². The van der Waals surface area contributed by atoms with Crippen molar-refractivity contribution < 1.29 is 27.5 Å². The number of benzene rings is 2. The number of halogens is 3. The van der Waals surface area contributed by atoms with Crippen molar-refractivity contribution in [1.82, 2.24) is 5.32 Å². The summed E-state index contributed by atoms with van der Waals surface area (Å²) < 4.78 is 41.1. The molecule has 0 fully saturated rings. The van der Waals surface area contributed by atoms with Crippen molar-refractivity contribution in [3.05, 3.63) is 65.2 Å². The van der Waals surface area contributed by atoms with Gasteiger partial charge in [-0.2, -0.15) is 13.2 Å². The van der Waals surface area contributed by atoms with Crippen molar-refractivity contribution >= 4 is 11.8 Å². The molecule has 3 N–H and O–H groups in total. The monoisotopic (exact) mass is 352 g/mol. The lowest BCUT2D eigenvalue weighted by atomic mass is 10.1. The number of nitrogens with one attached hydrogen (secondary N) is 1. The Kier molecular flexibility index (Phi) is 5.63. The van der Waals surface area contributed by atoms with Gasteiger partial charge in [0.2, 0.25) is 5.91 Å². The first-order chi connectivity index (χ1) is 11.7. The zero-order chi connectivity index (χ0) is 18.4. The van der Waals surface area contributed by atoms with Gasteiger partial charge in [0.25, 0.3) is 5.91 Å². The molecule has 2 aromatic rings. The SMILES string of the molecule is NC(=O)c1cccc(C(=O)NCc2cccc(OCC(F)(F)F)c2)c1. The van der Waals surface area contributed by atoms with Gasteiger partial charge in [-0.25, -0.2) is 0 Å². The van der Waals surface area contributed by atoms with Crippen LogP contribution in [0.15, 0.2) is 48.5 Å². The number of primary amides is 1. The van der Waals surface area contributed by atoms with E-state index in [9.17, 15) is 22.8 Å². The second kappa shape index (κ2) is 7.69. The number of alkyl halides is 3. The Morgan fingerprint density at radius 2 is 1.72 bits per heavy atom. The van der Waals surface area contributed by atoms with Crippen LogP contribution in [0.4, 0.5) is 13.2 Å². The summed E-state index contributed by atoms with van der Waals surface area (Å²) in [5, 5.41) is 2.61. The zero-order valence-corrected chi connectivity index (χ0v) is 13.0. The highest BCUT2D eigenvalue weighted by Crippen LogP contribution is 2.19. The minimum atomic E-state index is -4.42. The molecule has 0 saturated carbocycles. The van der Waals surface area contributed by atoms with Crippen LogP contribution in [0.25, 0.3) is 0 Å². The van der Waals surface area contributed by atoms with Gasteiger partial charge < -0.3 is 15.8 Å². The summed E-state index contributed by atoms with van der Waals surface area (Å²) in [5.74, 6) is -1.03. The molecule has 0 aromatic heterocycles. The van der Waals surface area contributed by atoms with Crippen LogP contribution in [0.5, 0.6) is 5.75 Å². The Balaban J connectivity index is 1.98. The molecule has 0 radical (unpaired) electrons. The number of hydrogen-bond donors (Lipinski definition) is 2. The summed E-state index contributed by atoms with van der Waals surface area (Å²) in [5.41, 5.74) is 6.18. The number of nitrogens with two attached hydrogens (primary N) is 1. The first-order valence-electron chi connectivity index (χ1n) is 7.21. The summed E-state index contributed by atoms with van der Waals surface area (Å²) >= 11 is 0. The molecule has 25 heavy (non-hydrogen) atoms. The standard InChI is InChI=1S/C17H15F3N2O3/c18-17(19,20)10-25-14-6-1-3-11(7-14)9-22-16(24)13-5-2-4-12(8-13)15(21)23/h1-8H,9-10H2,(H2,21,23)(H,22,24). The Morgan fingerprint density at radius 3 is 2.40 bits per heavy atom. The Bertz CT molecular complexity index is 776. The molecule has 0 heterocycles. The van der Waals surface area contributed by atoms with Crippen molar-refractivity contribution in [3.63, 3.8) is 0 Å². The van der Waals surface area contributed by atoms with Gasteiger partial charge in [-0.15, -0.1) is 0 Å². The smallest absolute Gasteiger partial charge is 0.422 e. The Labute approximate surface area is 141 Å². The molecule has 0 saturated heterocycles. The minimum Gasteiger partial charge on any atom is -0.484 e.